The summed E-state index contributed by atoms with van der Waals surface area (Å²) in [6, 6.07) is 25.9. The molecule has 4 aromatic carbocycles. The van der Waals surface area contributed by atoms with E-state index in [2.05, 4.69) is 0 Å². The van der Waals surface area contributed by atoms with Crippen LogP contribution in [-0.4, -0.2) is 0 Å². The van der Waals surface area contributed by atoms with Crippen molar-refractivity contribution in [3.63, 3.8) is 0 Å². The van der Waals surface area contributed by atoms with E-state index in [0.29, 0.717) is 22.5 Å². The number of halogens is 3. The Morgan fingerprint density at radius 3 is 1.27 bits per heavy atom. The summed E-state index contributed by atoms with van der Waals surface area (Å²) in [5.74, 6) is 0. The van der Waals surface area contributed by atoms with Gasteiger partial charge in [-0.2, -0.15) is 13.2 Å². The molecule has 5 heteroatoms. The molecular formula is C25H19F3N2. The highest BCUT2D eigenvalue weighted by atomic mass is 19.4. The Balaban J connectivity index is 1.92. The molecule has 0 radical (unpaired) electrons. The molecule has 0 heterocycles. The smallest absolute Gasteiger partial charge is 0.399 e. The van der Waals surface area contributed by atoms with Crippen LogP contribution in [0.15, 0.2) is 91.0 Å². The Kier molecular flexibility index (Phi) is 4.96. The summed E-state index contributed by atoms with van der Waals surface area (Å²) in [6.07, 6.45) is -4.40. The quantitative estimate of drug-likeness (QED) is 0.366. The predicted molar refractivity (Wildman–Crippen MR) is 117 cm³/mol. The second kappa shape index (κ2) is 7.59. The molecule has 150 valence electrons. The first-order chi connectivity index (χ1) is 14.3. The van der Waals surface area contributed by atoms with Crippen molar-refractivity contribution in [2.75, 3.05) is 11.5 Å². The maximum absolute atomic E-state index is 13.2. The van der Waals surface area contributed by atoms with Crippen molar-refractivity contribution < 1.29 is 13.2 Å². The lowest BCUT2D eigenvalue weighted by Gasteiger charge is -2.13. The second-order valence-electron chi connectivity index (χ2n) is 7.13. The molecule has 0 bridgehead atoms. The zero-order valence-electron chi connectivity index (χ0n) is 15.9. The fraction of sp³-hybridized carbons (Fsp3) is 0.0400. The zero-order valence-corrected chi connectivity index (χ0v) is 15.9. The van der Waals surface area contributed by atoms with Crippen LogP contribution >= 0.6 is 0 Å². The van der Waals surface area contributed by atoms with Gasteiger partial charge >= 0.3 is 6.18 Å². The third-order valence-electron chi connectivity index (χ3n) is 4.90. The number of benzene rings is 4. The molecule has 0 aliphatic rings. The minimum Gasteiger partial charge on any atom is -0.399 e. The highest BCUT2D eigenvalue weighted by Gasteiger charge is 2.30. The monoisotopic (exact) mass is 404 g/mol. The van der Waals surface area contributed by atoms with Gasteiger partial charge in [0.25, 0.3) is 0 Å². The lowest BCUT2D eigenvalue weighted by Crippen LogP contribution is -2.04. The Bertz CT molecular complexity index is 1150. The molecule has 0 spiro atoms. The maximum Gasteiger partial charge on any atom is 0.416 e. The summed E-state index contributed by atoms with van der Waals surface area (Å²) in [7, 11) is 0. The molecule has 0 saturated carbocycles. The van der Waals surface area contributed by atoms with Crippen molar-refractivity contribution in [1.82, 2.24) is 0 Å². The van der Waals surface area contributed by atoms with Crippen molar-refractivity contribution in [2.24, 2.45) is 0 Å². The number of rotatable bonds is 3. The van der Waals surface area contributed by atoms with Gasteiger partial charge in [-0.15, -0.1) is 0 Å². The summed E-state index contributed by atoms with van der Waals surface area (Å²) in [5.41, 5.74) is 17.1. The van der Waals surface area contributed by atoms with E-state index in [-0.39, 0.29) is 0 Å². The molecule has 4 rings (SSSR count). The number of hydrogen-bond acceptors (Lipinski definition) is 2. The van der Waals surface area contributed by atoms with Crippen LogP contribution in [0.3, 0.4) is 0 Å². The van der Waals surface area contributed by atoms with Crippen LogP contribution in [0.4, 0.5) is 24.5 Å². The molecule has 0 saturated heterocycles. The van der Waals surface area contributed by atoms with Crippen LogP contribution in [-0.2, 0) is 6.18 Å². The van der Waals surface area contributed by atoms with Gasteiger partial charge in [0.05, 0.1) is 5.56 Å². The van der Waals surface area contributed by atoms with Gasteiger partial charge in [-0.3, -0.25) is 0 Å². The van der Waals surface area contributed by atoms with Crippen LogP contribution in [0.1, 0.15) is 5.56 Å². The van der Waals surface area contributed by atoms with Gasteiger partial charge in [-0.25, -0.2) is 0 Å². The molecule has 0 amide bonds. The summed E-state index contributed by atoms with van der Waals surface area (Å²) in [5, 5.41) is 0. The molecule has 0 aromatic heterocycles. The van der Waals surface area contributed by atoms with E-state index in [0.717, 1.165) is 28.3 Å². The number of nitrogen functional groups attached to an aromatic ring is 2. The normalized spacial score (nSPS) is 11.4. The second-order valence-corrected chi connectivity index (χ2v) is 7.13. The molecule has 0 atom stereocenters. The molecular weight excluding hydrogens is 385 g/mol. The third kappa shape index (κ3) is 4.15. The molecule has 0 aliphatic carbocycles. The SMILES string of the molecule is Nc1cccc(-c2cc(-c3cccc(N)c3)cc(-c3cccc(C(F)(F)F)c3)c2)c1. The Morgan fingerprint density at radius 1 is 0.467 bits per heavy atom. The summed E-state index contributed by atoms with van der Waals surface area (Å²) < 4.78 is 39.7. The predicted octanol–water partition coefficient (Wildman–Crippen LogP) is 6.87. The number of alkyl halides is 3. The average molecular weight is 404 g/mol. The van der Waals surface area contributed by atoms with Gasteiger partial charge in [0.2, 0.25) is 0 Å². The van der Waals surface area contributed by atoms with Crippen LogP contribution < -0.4 is 11.5 Å². The lowest BCUT2D eigenvalue weighted by molar-refractivity contribution is -0.137. The van der Waals surface area contributed by atoms with Gasteiger partial charge in [-0.1, -0.05) is 36.4 Å². The van der Waals surface area contributed by atoms with Crippen LogP contribution in [0.5, 0.6) is 0 Å². The zero-order chi connectivity index (χ0) is 21.3. The summed E-state index contributed by atoms with van der Waals surface area (Å²) in [6.45, 7) is 0. The first-order valence-corrected chi connectivity index (χ1v) is 9.34. The lowest BCUT2D eigenvalue weighted by atomic mass is 9.92. The average Bonchev–Trinajstić information content (AvgIpc) is 2.73. The van der Waals surface area contributed by atoms with E-state index in [9.17, 15) is 13.2 Å². The first-order valence-electron chi connectivity index (χ1n) is 9.34. The van der Waals surface area contributed by atoms with Crippen LogP contribution in [0.2, 0.25) is 0 Å². The van der Waals surface area contributed by atoms with E-state index >= 15 is 0 Å². The highest BCUT2D eigenvalue weighted by molar-refractivity contribution is 5.82. The third-order valence-corrected chi connectivity index (χ3v) is 4.90. The van der Waals surface area contributed by atoms with Gasteiger partial charge < -0.3 is 11.5 Å². The fourth-order valence-electron chi connectivity index (χ4n) is 3.44. The van der Waals surface area contributed by atoms with Crippen LogP contribution in [0, 0.1) is 0 Å². The van der Waals surface area contributed by atoms with Crippen molar-refractivity contribution in [1.29, 1.82) is 0 Å². The molecule has 0 fully saturated rings. The van der Waals surface area contributed by atoms with Gasteiger partial charge in [0.15, 0.2) is 0 Å². The minimum absolute atomic E-state index is 0.487. The van der Waals surface area contributed by atoms with Gasteiger partial charge in [0.1, 0.15) is 0 Å². The Hall–Kier alpha value is -3.73. The van der Waals surface area contributed by atoms with Gasteiger partial charge in [0, 0.05) is 11.4 Å². The summed E-state index contributed by atoms with van der Waals surface area (Å²) in [4.78, 5) is 0. The van der Waals surface area contributed by atoms with Crippen molar-refractivity contribution in [3.8, 4) is 33.4 Å². The van der Waals surface area contributed by atoms with E-state index in [1.54, 1.807) is 18.2 Å². The van der Waals surface area contributed by atoms with Crippen molar-refractivity contribution >= 4 is 11.4 Å². The van der Waals surface area contributed by atoms with Crippen molar-refractivity contribution in [3.05, 3.63) is 96.6 Å². The molecule has 2 nitrogen and oxygen atoms in total. The van der Waals surface area contributed by atoms with E-state index in [1.807, 2.05) is 54.6 Å². The first kappa shape index (κ1) is 19.6. The van der Waals surface area contributed by atoms with Gasteiger partial charge in [-0.05, 0) is 88.0 Å². The van der Waals surface area contributed by atoms with E-state index < -0.39 is 11.7 Å². The number of nitrogens with two attached hydrogens (primary N) is 2. The molecule has 4 aromatic rings. The maximum atomic E-state index is 13.2. The van der Waals surface area contributed by atoms with E-state index in [4.69, 9.17) is 11.5 Å². The molecule has 0 unspecified atom stereocenters. The summed E-state index contributed by atoms with van der Waals surface area (Å²) >= 11 is 0. The molecule has 0 aliphatic heterocycles. The minimum atomic E-state index is -4.40. The fourth-order valence-corrected chi connectivity index (χ4v) is 3.44. The van der Waals surface area contributed by atoms with Crippen LogP contribution in [0.25, 0.3) is 33.4 Å². The largest absolute Gasteiger partial charge is 0.416 e. The number of anilines is 2. The highest BCUT2D eigenvalue weighted by Crippen LogP contribution is 2.36. The molecule has 30 heavy (non-hydrogen) atoms. The van der Waals surface area contributed by atoms with E-state index in [1.165, 1.54) is 12.1 Å². The van der Waals surface area contributed by atoms with Crippen molar-refractivity contribution in [2.45, 2.75) is 6.18 Å². The standard InChI is InChI=1S/C25H19F3N2/c26-25(27,28)22-7-1-4-16(13-22)19-10-20(17-5-2-8-23(29)14-17)12-21(11-19)18-6-3-9-24(30)15-18/h1-15H,29-30H2. The number of hydrogen-bond donors (Lipinski definition) is 2. The Labute approximate surface area is 172 Å². The molecule has 4 N–H and O–H groups in total. The topological polar surface area (TPSA) is 52.0 Å². The Morgan fingerprint density at radius 2 is 0.867 bits per heavy atom.